The van der Waals surface area contributed by atoms with Gasteiger partial charge >= 0.3 is 0 Å². The van der Waals surface area contributed by atoms with Crippen LogP contribution in [0.1, 0.15) is 12.5 Å². The van der Waals surface area contributed by atoms with Crippen molar-refractivity contribution in [1.82, 2.24) is 4.72 Å². The highest BCUT2D eigenvalue weighted by Gasteiger charge is 2.17. The molecule has 0 heterocycles. The van der Waals surface area contributed by atoms with Gasteiger partial charge in [0.05, 0.1) is 19.9 Å². The van der Waals surface area contributed by atoms with Crippen LogP contribution in [0.25, 0.3) is 6.08 Å². The lowest BCUT2D eigenvalue weighted by atomic mass is 10.2. The lowest BCUT2D eigenvalue weighted by Crippen LogP contribution is -2.19. The zero-order valence-electron chi connectivity index (χ0n) is 17.0. The SMILES string of the molecule is CNS(=O)(=O)c1cc(C=CC(=O)Nc2ccc(NC(C)=O)c(OC)c2)ccc1OC. The lowest BCUT2D eigenvalue weighted by Gasteiger charge is -2.11. The second-order valence-electron chi connectivity index (χ2n) is 6.04. The largest absolute Gasteiger partial charge is 0.495 e. The van der Waals surface area contributed by atoms with Gasteiger partial charge in [0, 0.05) is 24.8 Å². The maximum Gasteiger partial charge on any atom is 0.248 e. The molecule has 9 nitrogen and oxygen atoms in total. The molecule has 0 aliphatic heterocycles. The van der Waals surface area contributed by atoms with Crippen LogP contribution in [0.2, 0.25) is 0 Å². The molecule has 2 rings (SSSR count). The van der Waals surface area contributed by atoms with Gasteiger partial charge in [0.1, 0.15) is 16.4 Å². The van der Waals surface area contributed by atoms with E-state index in [1.807, 2.05) is 0 Å². The third-order valence-electron chi connectivity index (χ3n) is 3.95. The van der Waals surface area contributed by atoms with Gasteiger partial charge in [-0.1, -0.05) is 6.07 Å². The van der Waals surface area contributed by atoms with Gasteiger partial charge in [-0.15, -0.1) is 0 Å². The fourth-order valence-corrected chi connectivity index (χ4v) is 3.46. The van der Waals surface area contributed by atoms with Gasteiger partial charge in [0.2, 0.25) is 21.8 Å². The van der Waals surface area contributed by atoms with Gasteiger partial charge in [-0.3, -0.25) is 9.59 Å². The number of benzene rings is 2. The van der Waals surface area contributed by atoms with Crippen LogP contribution in [0.3, 0.4) is 0 Å². The smallest absolute Gasteiger partial charge is 0.248 e. The molecule has 0 fully saturated rings. The molecule has 2 aromatic rings. The van der Waals surface area contributed by atoms with Crippen molar-refractivity contribution in [1.29, 1.82) is 0 Å². The molecule has 160 valence electrons. The van der Waals surface area contributed by atoms with Crippen molar-refractivity contribution >= 4 is 39.3 Å². The minimum atomic E-state index is -3.72. The van der Waals surface area contributed by atoms with Crippen LogP contribution in [-0.2, 0) is 19.6 Å². The summed E-state index contributed by atoms with van der Waals surface area (Å²) in [5.74, 6) is -0.0910. The number of hydrogen-bond donors (Lipinski definition) is 3. The van der Waals surface area contributed by atoms with Crippen LogP contribution in [-0.4, -0.2) is 41.5 Å². The molecule has 0 aromatic heterocycles. The van der Waals surface area contributed by atoms with Crippen LogP contribution in [0.5, 0.6) is 11.5 Å². The summed E-state index contributed by atoms with van der Waals surface area (Å²) in [6.07, 6.45) is 2.75. The van der Waals surface area contributed by atoms with Gasteiger partial charge < -0.3 is 20.1 Å². The third kappa shape index (κ3) is 5.82. The molecule has 0 spiro atoms. The fourth-order valence-electron chi connectivity index (χ4n) is 2.53. The molecule has 0 atom stereocenters. The van der Waals surface area contributed by atoms with Crippen LogP contribution in [0.15, 0.2) is 47.4 Å². The average Bonchev–Trinajstić information content (AvgIpc) is 2.72. The molecule has 0 radical (unpaired) electrons. The molecule has 0 aliphatic rings. The summed E-state index contributed by atoms with van der Waals surface area (Å²) in [7, 11) is 0.402. The standard InChI is InChI=1S/C20H23N3O6S/c1-13(24)22-16-8-7-15(12-18(16)29-4)23-20(25)10-6-14-5-9-17(28-3)19(11-14)30(26,27)21-2/h5-12,21H,1-4H3,(H,22,24)(H,23,25). The van der Waals surface area contributed by atoms with Crippen molar-refractivity contribution in [3.8, 4) is 11.5 Å². The Morgan fingerprint density at radius 2 is 1.67 bits per heavy atom. The van der Waals surface area contributed by atoms with E-state index in [9.17, 15) is 18.0 Å². The van der Waals surface area contributed by atoms with E-state index in [0.717, 1.165) is 0 Å². The summed E-state index contributed by atoms with van der Waals surface area (Å²) in [6.45, 7) is 1.38. The van der Waals surface area contributed by atoms with Crippen LogP contribution >= 0.6 is 0 Å². The molecule has 2 aromatic carbocycles. The molecular formula is C20H23N3O6S. The highest BCUT2D eigenvalue weighted by molar-refractivity contribution is 7.89. The Kier molecular flexibility index (Phi) is 7.56. The zero-order chi connectivity index (χ0) is 22.3. The van der Waals surface area contributed by atoms with Crippen LogP contribution in [0.4, 0.5) is 11.4 Å². The summed E-state index contributed by atoms with van der Waals surface area (Å²) >= 11 is 0. The summed E-state index contributed by atoms with van der Waals surface area (Å²) in [5.41, 5.74) is 1.44. The number of carbonyl (C=O) groups excluding carboxylic acids is 2. The predicted octanol–water partition coefficient (Wildman–Crippen LogP) is 2.22. The Hall–Kier alpha value is -3.37. The van der Waals surface area contributed by atoms with E-state index in [1.165, 1.54) is 52.5 Å². The first-order valence-corrected chi connectivity index (χ1v) is 10.2. The molecule has 0 saturated carbocycles. The van der Waals surface area contributed by atoms with E-state index in [0.29, 0.717) is 22.7 Å². The summed E-state index contributed by atoms with van der Waals surface area (Å²) in [5, 5.41) is 5.30. The number of amides is 2. The molecule has 10 heteroatoms. The monoisotopic (exact) mass is 433 g/mol. The first kappa shape index (κ1) is 22.9. The van der Waals surface area contributed by atoms with E-state index >= 15 is 0 Å². The third-order valence-corrected chi connectivity index (χ3v) is 5.39. The summed E-state index contributed by atoms with van der Waals surface area (Å²) in [4.78, 5) is 23.4. The second kappa shape index (κ2) is 9.90. The minimum absolute atomic E-state index is 0.0339. The summed E-state index contributed by atoms with van der Waals surface area (Å²) in [6, 6.07) is 9.33. The van der Waals surface area contributed by atoms with Crippen molar-refractivity contribution in [3.63, 3.8) is 0 Å². The summed E-state index contributed by atoms with van der Waals surface area (Å²) < 4.78 is 36.8. The molecule has 0 unspecified atom stereocenters. The number of anilines is 2. The average molecular weight is 433 g/mol. The molecule has 0 saturated heterocycles. The number of methoxy groups -OCH3 is 2. The first-order valence-electron chi connectivity index (χ1n) is 8.76. The normalized spacial score (nSPS) is 11.2. The van der Waals surface area contributed by atoms with Gasteiger partial charge in [0.15, 0.2) is 0 Å². The Morgan fingerprint density at radius 3 is 2.27 bits per heavy atom. The Morgan fingerprint density at radius 1 is 0.967 bits per heavy atom. The number of hydrogen-bond acceptors (Lipinski definition) is 6. The van der Waals surface area contributed by atoms with Crippen molar-refractivity contribution < 1.29 is 27.5 Å². The molecular weight excluding hydrogens is 410 g/mol. The maximum absolute atomic E-state index is 12.2. The van der Waals surface area contributed by atoms with E-state index < -0.39 is 15.9 Å². The highest BCUT2D eigenvalue weighted by Crippen LogP contribution is 2.28. The van der Waals surface area contributed by atoms with E-state index in [2.05, 4.69) is 15.4 Å². The van der Waals surface area contributed by atoms with E-state index in [4.69, 9.17) is 9.47 Å². The van der Waals surface area contributed by atoms with Crippen molar-refractivity contribution in [2.75, 3.05) is 31.9 Å². The van der Waals surface area contributed by atoms with Crippen LogP contribution in [0, 0.1) is 0 Å². The minimum Gasteiger partial charge on any atom is -0.495 e. The van der Waals surface area contributed by atoms with Gasteiger partial charge in [-0.05, 0) is 43.0 Å². The number of nitrogens with one attached hydrogen (secondary N) is 3. The Labute approximate surface area is 175 Å². The molecule has 0 aliphatic carbocycles. The highest BCUT2D eigenvalue weighted by atomic mass is 32.2. The Balaban J connectivity index is 2.19. The second-order valence-corrected chi connectivity index (χ2v) is 7.89. The number of rotatable bonds is 8. The number of sulfonamides is 1. The topological polar surface area (TPSA) is 123 Å². The fraction of sp³-hybridized carbons (Fsp3) is 0.200. The first-order chi connectivity index (χ1) is 14.2. The van der Waals surface area contributed by atoms with Crippen molar-refractivity contribution in [2.45, 2.75) is 11.8 Å². The molecule has 3 N–H and O–H groups in total. The van der Waals surface area contributed by atoms with E-state index in [1.54, 1.807) is 24.3 Å². The van der Waals surface area contributed by atoms with E-state index in [-0.39, 0.29) is 16.6 Å². The molecule has 0 bridgehead atoms. The molecule has 30 heavy (non-hydrogen) atoms. The van der Waals surface area contributed by atoms with Crippen molar-refractivity contribution in [3.05, 3.63) is 48.0 Å². The van der Waals surface area contributed by atoms with Gasteiger partial charge in [-0.2, -0.15) is 0 Å². The lowest BCUT2D eigenvalue weighted by molar-refractivity contribution is -0.114. The quantitative estimate of drug-likeness (QED) is 0.549. The van der Waals surface area contributed by atoms with Gasteiger partial charge in [0.25, 0.3) is 0 Å². The van der Waals surface area contributed by atoms with Crippen LogP contribution < -0.4 is 24.8 Å². The zero-order valence-corrected chi connectivity index (χ0v) is 17.8. The number of carbonyl (C=O) groups is 2. The maximum atomic E-state index is 12.2. The molecule has 2 amide bonds. The number of ether oxygens (including phenoxy) is 2. The van der Waals surface area contributed by atoms with Crippen molar-refractivity contribution in [2.24, 2.45) is 0 Å². The Bertz CT molecular complexity index is 1080. The predicted molar refractivity (Wildman–Crippen MR) is 114 cm³/mol. The van der Waals surface area contributed by atoms with Gasteiger partial charge in [-0.25, -0.2) is 13.1 Å².